The fourth-order valence-corrected chi connectivity index (χ4v) is 3.67. The highest BCUT2D eigenvalue weighted by molar-refractivity contribution is 7.91. The van der Waals surface area contributed by atoms with Crippen molar-refractivity contribution < 1.29 is 27.8 Å². The molecular weight excluding hydrogens is 275 g/mol. The minimum Gasteiger partial charge on any atom is -0.487 e. The summed E-state index contributed by atoms with van der Waals surface area (Å²) in [6.45, 7) is 1.44. The van der Waals surface area contributed by atoms with Crippen LogP contribution in [0.2, 0.25) is 0 Å². The van der Waals surface area contributed by atoms with E-state index in [0.717, 1.165) is 6.07 Å². The maximum atomic E-state index is 13.6. The summed E-state index contributed by atoms with van der Waals surface area (Å²) < 4.78 is 41.5. The van der Waals surface area contributed by atoms with Crippen LogP contribution in [-0.2, 0) is 9.84 Å². The van der Waals surface area contributed by atoms with Gasteiger partial charge in [-0.05, 0) is 19.1 Å². The largest absolute Gasteiger partial charge is 0.487 e. The van der Waals surface area contributed by atoms with Gasteiger partial charge >= 0.3 is 0 Å². The minimum atomic E-state index is -3.31. The zero-order chi connectivity index (χ0) is 14.2. The number of aliphatic hydroxyl groups excluding tert-OH is 2. The molecule has 0 aromatic heterocycles. The Morgan fingerprint density at radius 1 is 1.42 bits per heavy atom. The molecule has 1 heterocycles. The van der Waals surface area contributed by atoms with Gasteiger partial charge in [0, 0.05) is 11.6 Å². The van der Waals surface area contributed by atoms with Gasteiger partial charge in [0.05, 0.1) is 17.6 Å². The molecule has 106 valence electrons. The van der Waals surface area contributed by atoms with Crippen molar-refractivity contribution in [2.75, 3.05) is 11.5 Å². The van der Waals surface area contributed by atoms with Crippen LogP contribution in [0.4, 0.5) is 4.39 Å². The molecule has 1 aromatic rings. The topological polar surface area (TPSA) is 83.8 Å². The molecule has 3 atom stereocenters. The summed E-state index contributed by atoms with van der Waals surface area (Å²) in [6.07, 6.45) is -2.93. The molecule has 2 unspecified atom stereocenters. The lowest BCUT2D eigenvalue weighted by Crippen LogP contribution is -2.29. The maximum Gasteiger partial charge on any atom is 0.156 e. The van der Waals surface area contributed by atoms with Gasteiger partial charge in [-0.15, -0.1) is 0 Å². The fraction of sp³-hybridized carbons (Fsp3) is 0.500. The van der Waals surface area contributed by atoms with E-state index in [-0.39, 0.29) is 22.8 Å². The summed E-state index contributed by atoms with van der Waals surface area (Å²) in [4.78, 5) is 0. The molecule has 0 saturated carbocycles. The van der Waals surface area contributed by atoms with E-state index in [2.05, 4.69) is 0 Å². The van der Waals surface area contributed by atoms with Crippen molar-refractivity contribution in [2.45, 2.75) is 25.2 Å². The highest BCUT2D eigenvalue weighted by Crippen LogP contribution is 2.25. The molecule has 0 aliphatic carbocycles. The SMILES string of the molecule is C[C@H](O)c1ccc(OC2CS(=O)(=O)CC2O)cc1F. The van der Waals surface area contributed by atoms with E-state index in [1.807, 2.05) is 0 Å². The Balaban J connectivity index is 2.14. The quantitative estimate of drug-likeness (QED) is 0.842. The van der Waals surface area contributed by atoms with Crippen LogP contribution in [0.5, 0.6) is 5.75 Å². The van der Waals surface area contributed by atoms with Crippen molar-refractivity contribution in [3.05, 3.63) is 29.6 Å². The Morgan fingerprint density at radius 3 is 2.58 bits per heavy atom. The summed E-state index contributed by atoms with van der Waals surface area (Å²) in [6, 6.07) is 3.87. The zero-order valence-electron chi connectivity index (χ0n) is 10.3. The van der Waals surface area contributed by atoms with Gasteiger partial charge in [-0.3, -0.25) is 0 Å². The molecule has 2 N–H and O–H groups in total. The standard InChI is InChI=1S/C12H15FO5S/c1-7(14)9-3-2-8(4-10(9)13)18-12-6-19(16,17)5-11(12)15/h2-4,7,11-12,14-15H,5-6H2,1H3/t7-,11?,12?/m0/s1. The maximum absolute atomic E-state index is 13.6. The second-order valence-corrected chi connectivity index (χ2v) is 6.81. The van der Waals surface area contributed by atoms with Crippen LogP contribution in [0.1, 0.15) is 18.6 Å². The predicted molar refractivity (Wildman–Crippen MR) is 66.1 cm³/mol. The second-order valence-electron chi connectivity index (χ2n) is 4.66. The molecule has 0 radical (unpaired) electrons. The Labute approximate surface area is 110 Å². The van der Waals surface area contributed by atoms with E-state index in [4.69, 9.17) is 4.74 Å². The molecular formula is C12H15FO5S. The van der Waals surface area contributed by atoms with Crippen LogP contribution >= 0.6 is 0 Å². The predicted octanol–water partition coefficient (Wildman–Crippen LogP) is 0.416. The lowest BCUT2D eigenvalue weighted by atomic mass is 10.1. The molecule has 2 rings (SSSR count). The number of rotatable bonds is 3. The van der Waals surface area contributed by atoms with E-state index in [1.165, 1.54) is 19.1 Å². The highest BCUT2D eigenvalue weighted by Gasteiger charge is 2.38. The number of hydrogen-bond donors (Lipinski definition) is 2. The number of ether oxygens (including phenoxy) is 1. The molecule has 1 aliphatic heterocycles. The molecule has 1 aliphatic rings. The van der Waals surface area contributed by atoms with Crippen LogP contribution < -0.4 is 4.74 Å². The molecule has 7 heteroatoms. The van der Waals surface area contributed by atoms with Crippen molar-refractivity contribution in [3.63, 3.8) is 0 Å². The molecule has 19 heavy (non-hydrogen) atoms. The van der Waals surface area contributed by atoms with E-state index < -0.39 is 34.0 Å². The van der Waals surface area contributed by atoms with Crippen molar-refractivity contribution in [1.29, 1.82) is 0 Å². The number of aliphatic hydroxyl groups is 2. The van der Waals surface area contributed by atoms with Gasteiger partial charge in [-0.2, -0.15) is 0 Å². The van der Waals surface area contributed by atoms with E-state index >= 15 is 0 Å². The van der Waals surface area contributed by atoms with Crippen molar-refractivity contribution in [3.8, 4) is 5.75 Å². The molecule has 1 saturated heterocycles. The summed E-state index contributed by atoms with van der Waals surface area (Å²) in [5.74, 6) is -1.13. The summed E-state index contributed by atoms with van der Waals surface area (Å²) in [5.41, 5.74) is 0.131. The first-order valence-corrected chi connectivity index (χ1v) is 7.63. The third-order valence-corrected chi connectivity index (χ3v) is 4.67. The number of halogens is 1. The van der Waals surface area contributed by atoms with E-state index in [1.54, 1.807) is 0 Å². The Morgan fingerprint density at radius 2 is 2.11 bits per heavy atom. The Kier molecular flexibility index (Phi) is 3.80. The van der Waals surface area contributed by atoms with Gasteiger partial charge in [-0.25, -0.2) is 12.8 Å². The van der Waals surface area contributed by atoms with Gasteiger partial charge in [0.2, 0.25) is 0 Å². The smallest absolute Gasteiger partial charge is 0.156 e. The summed E-state index contributed by atoms with van der Waals surface area (Å²) in [7, 11) is -3.31. The average Bonchev–Trinajstić information content (AvgIpc) is 2.51. The van der Waals surface area contributed by atoms with E-state index in [9.17, 15) is 23.0 Å². The fourth-order valence-electron chi connectivity index (χ4n) is 2.00. The number of sulfone groups is 1. The van der Waals surface area contributed by atoms with Crippen molar-refractivity contribution >= 4 is 9.84 Å². The molecule has 1 aromatic carbocycles. The van der Waals surface area contributed by atoms with Crippen LogP contribution in [0.3, 0.4) is 0 Å². The van der Waals surface area contributed by atoms with E-state index in [0.29, 0.717) is 0 Å². The van der Waals surface area contributed by atoms with Gasteiger partial charge in [0.1, 0.15) is 23.8 Å². The average molecular weight is 290 g/mol. The minimum absolute atomic E-state index is 0.128. The molecule has 1 fully saturated rings. The van der Waals surface area contributed by atoms with Crippen LogP contribution in [0, 0.1) is 5.82 Å². The summed E-state index contributed by atoms with van der Waals surface area (Å²) >= 11 is 0. The first-order chi connectivity index (χ1) is 8.78. The second kappa shape index (κ2) is 5.07. The first-order valence-electron chi connectivity index (χ1n) is 5.81. The molecule has 5 nitrogen and oxygen atoms in total. The van der Waals surface area contributed by atoms with Crippen molar-refractivity contribution in [2.24, 2.45) is 0 Å². The Hall–Kier alpha value is -1.18. The Bertz CT molecular complexity index is 569. The number of hydrogen-bond acceptors (Lipinski definition) is 5. The van der Waals surface area contributed by atoms with Gasteiger partial charge in [0.25, 0.3) is 0 Å². The molecule has 0 bridgehead atoms. The van der Waals surface area contributed by atoms with Gasteiger partial charge < -0.3 is 14.9 Å². The van der Waals surface area contributed by atoms with Crippen LogP contribution in [0.15, 0.2) is 18.2 Å². The van der Waals surface area contributed by atoms with Gasteiger partial charge in [-0.1, -0.05) is 0 Å². The van der Waals surface area contributed by atoms with Crippen LogP contribution in [0.25, 0.3) is 0 Å². The highest BCUT2D eigenvalue weighted by atomic mass is 32.2. The lowest BCUT2D eigenvalue weighted by molar-refractivity contribution is 0.0734. The first kappa shape index (κ1) is 14.2. The zero-order valence-corrected chi connectivity index (χ0v) is 11.1. The third kappa shape index (κ3) is 3.23. The van der Waals surface area contributed by atoms with Crippen LogP contribution in [-0.4, -0.2) is 42.3 Å². The normalized spacial score (nSPS) is 27.2. The molecule has 0 spiro atoms. The monoisotopic (exact) mass is 290 g/mol. The number of benzene rings is 1. The third-order valence-electron chi connectivity index (χ3n) is 2.98. The molecule has 0 amide bonds. The van der Waals surface area contributed by atoms with Crippen molar-refractivity contribution in [1.82, 2.24) is 0 Å². The van der Waals surface area contributed by atoms with Gasteiger partial charge in [0.15, 0.2) is 9.84 Å². The summed E-state index contributed by atoms with van der Waals surface area (Å²) in [5, 5.41) is 18.9. The lowest BCUT2D eigenvalue weighted by Gasteiger charge is -2.16.